The highest BCUT2D eigenvalue weighted by atomic mass is 16.4. The highest BCUT2D eigenvalue weighted by Gasteiger charge is 2.09. The number of carboxylic acid groups (broad SMARTS) is 1. The molecule has 0 bridgehead atoms. The first kappa shape index (κ1) is 13.9. The summed E-state index contributed by atoms with van der Waals surface area (Å²) < 4.78 is 0. The summed E-state index contributed by atoms with van der Waals surface area (Å²) in [5.74, 6) is -1.24. The summed E-state index contributed by atoms with van der Waals surface area (Å²) in [6.45, 7) is 1.83. The van der Waals surface area contributed by atoms with E-state index in [4.69, 9.17) is 5.11 Å². The van der Waals surface area contributed by atoms with Gasteiger partial charge in [0.1, 0.15) is 0 Å². The van der Waals surface area contributed by atoms with Crippen molar-refractivity contribution in [1.82, 2.24) is 10.4 Å². The van der Waals surface area contributed by atoms with Crippen molar-refractivity contribution < 1.29 is 14.7 Å². The molecule has 0 saturated heterocycles. The number of hydrazine groups is 1. The molecule has 1 aromatic rings. The highest BCUT2D eigenvalue weighted by molar-refractivity contribution is 5.96. The number of hydrogen-bond donors (Lipinski definition) is 2. The van der Waals surface area contributed by atoms with Crippen LogP contribution in [0.1, 0.15) is 21.5 Å². The van der Waals surface area contributed by atoms with Gasteiger partial charge in [-0.3, -0.25) is 10.2 Å². The van der Waals surface area contributed by atoms with Gasteiger partial charge in [0.05, 0.1) is 0 Å². The maximum atomic E-state index is 11.9. The van der Waals surface area contributed by atoms with Crippen molar-refractivity contribution in [3.8, 4) is 0 Å². The second kappa shape index (κ2) is 5.97. The Kier molecular flexibility index (Phi) is 4.62. The van der Waals surface area contributed by atoms with Gasteiger partial charge in [0.25, 0.3) is 5.91 Å². The molecule has 0 saturated carbocycles. The summed E-state index contributed by atoms with van der Waals surface area (Å²) in [4.78, 5) is 22.3. The summed E-state index contributed by atoms with van der Waals surface area (Å²) in [6, 6.07) is 5.21. The van der Waals surface area contributed by atoms with Crippen molar-refractivity contribution in [3.05, 3.63) is 41.0 Å². The van der Waals surface area contributed by atoms with E-state index in [1.165, 1.54) is 6.08 Å². The van der Waals surface area contributed by atoms with Crippen LogP contribution in [0.2, 0.25) is 0 Å². The predicted octanol–water partition coefficient (Wildman–Crippen LogP) is 1.30. The van der Waals surface area contributed by atoms with Gasteiger partial charge < -0.3 is 5.11 Å². The zero-order chi connectivity index (χ0) is 13.7. The monoisotopic (exact) mass is 248 g/mol. The SMILES string of the molecule is Cc1ccc(/C=C/C(=O)O)cc1C(=O)NN(C)C. The molecule has 5 heteroatoms. The molecule has 0 aliphatic heterocycles. The van der Waals surface area contributed by atoms with Gasteiger partial charge in [0, 0.05) is 25.7 Å². The average molecular weight is 248 g/mol. The number of nitrogens with one attached hydrogen (secondary N) is 1. The Morgan fingerprint density at radius 1 is 1.33 bits per heavy atom. The minimum atomic E-state index is -1.02. The van der Waals surface area contributed by atoms with Crippen LogP contribution in [0.15, 0.2) is 24.3 Å². The Bertz CT molecular complexity index is 493. The number of carbonyl (C=O) groups excluding carboxylic acids is 1. The van der Waals surface area contributed by atoms with Crippen molar-refractivity contribution in [2.75, 3.05) is 14.1 Å². The Labute approximate surface area is 106 Å². The number of rotatable bonds is 4. The number of carboxylic acids is 1. The largest absolute Gasteiger partial charge is 0.478 e. The van der Waals surface area contributed by atoms with Crippen LogP contribution in [-0.2, 0) is 4.79 Å². The topological polar surface area (TPSA) is 69.6 Å². The summed E-state index contributed by atoms with van der Waals surface area (Å²) in [5.41, 5.74) is 4.68. The third-order valence-corrected chi connectivity index (χ3v) is 2.25. The highest BCUT2D eigenvalue weighted by Crippen LogP contribution is 2.12. The Hall–Kier alpha value is -2.14. The fourth-order valence-corrected chi connectivity index (χ4v) is 1.42. The number of amides is 1. The quantitative estimate of drug-likeness (QED) is 0.622. The van der Waals surface area contributed by atoms with E-state index in [0.29, 0.717) is 11.1 Å². The molecule has 0 atom stereocenters. The molecular weight excluding hydrogens is 232 g/mol. The number of aryl methyl sites for hydroxylation is 1. The fraction of sp³-hybridized carbons (Fsp3) is 0.231. The molecule has 0 unspecified atom stereocenters. The maximum Gasteiger partial charge on any atom is 0.328 e. The summed E-state index contributed by atoms with van der Waals surface area (Å²) in [5, 5.41) is 10.1. The number of nitrogens with zero attached hydrogens (tertiary/aromatic N) is 1. The Morgan fingerprint density at radius 2 is 2.00 bits per heavy atom. The van der Waals surface area contributed by atoms with E-state index in [1.807, 2.05) is 6.92 Å². The molecular formula is C13H16N2O3. The lowest BCUT2D eigenvalue weighted by molar-refractivity contribution is -0.131. The van der Waals surface area contributed by atoms with Crippen LogP contribution in [0.3, 0.4) is 0 Å². The lowest BCUT2D eigenvalue weighted by Crippen LogP contribution is -2.36. The zero-order valence-corrected chi connectivity index (χ0v) is 10.6. The molecule has 0 heterocycles. The molecule has 1 rings (SSSR count). The first-order chi connectivity index (χ1) is 8.40. The van der Waals surface area contributed by atoms with Crippen LogP contribution in [0.25, 0.3) is 6.08 Å². The van der Waals surface area contributed by atoms with Gasteiger partial charge in [-0.25, -0.2) is 9.80 Å². The maximum absolute atomic E-state index is 11.9. The van der Waals surface area contributed by atoms with E-state index < -0.39 is 5.97 Å². The van der Waals surface area contributed by atoms with E-state index >= 15 is 0 Å². The zero-order valence-electron chi connectivity index (χ0n) is 10.6. The first-order valence-corrected chi connectivity index (χ1v) is 5.40. The first-order valence-electron chi connectivity index (χ1n) is 5.40. The van der Waals surface area contributed by atoms with Gasteiger partial charge in [-0.05, 0) is 30.2 Å². The summed E-state index contributed by atoms with van der Waals surface area (Å²) >= 11 is 0. The van der Waals surface area contributed by atoms with Crippen LogP contribution in [0, 0.1) is 6.92 Å². The van der Waals surface area contributed by atoms with Gasteiger partial charge in [-0.1, -0.05) is 12.1 Å². The second-order valence-electron chi connectivity index (χ2n) is 4.08. The molecule has 0 spiro atoms. The van der Waals surface area contributed by atoms with E-state index in [9.17, 15) is 9.59 Å². The molecule has 2 N–H and O–H groups in total. The van der Waals surface area contributed by atoms with E-state index in [2.05, 4.69) is 5.43 Å². The smallest absolute Gasteiger partial charge is 0.328 e. The minimum Gasteiger partial charge on any atom is -0.478 e. The molecule has 0 aliphatic carbocycles. The van der Waals surface area contributed by atoms with Gasteiger partial charge in [-0.15, -0.1) is 0 Å². The summed E-state index contributed by atoms with van der Waals surface area (Å²) in [6.07, 6.45) is 2.49. The summed E-state index contributed by atoms with van der Waals surface area (Å²) in [7, 11) is 3.45. The van der Waals surface area contributed by atoms with Crippen molar-refractivity contribution in [2.24, 2.45) is 0 Å². The van der Waals surface area contributed by atoms with Crippen molar-refractivity contribution in [1.29, 1.82) is 0 Å². The third kappa shape index (κ3) is 4.03. The Balaban J connectivity index is 3.01. The standard InChI is InChI=1S/C13H16N2O3/c1-9-4-5-10(6-7-12(16)17)8-11(9)13(18)14-15(2)3/h4-8H,1-3H3,(H,14,18)(H,16,17)/b7-6+. The molecule has 1 amide bonds. The minimum absolute atomic E-state index is 0.219. The lowest BCUT2D eigenvalue weighted by atomic mass is 10.0. The van der Waals surface area contributed by atoms with E-state index in [1.54, 1.807) is 37.3 Å². The fourth-order valence-electron chi connectivity index (χ4n) is 1.42. The predicted molar refractivity (Wildman–Crippen MR) is 69.0 cm³/mol. The third-order valence-electron chi connectivity index (χ3n) is 2.25. The molecule has 0 fully saturated rings. The van der Waals surface area contributed by atoms with Crippen LogP contribution in [-0.4, -0.2) is 36.1 Å². The normalized spacial score (nSPS) is 10.9. The second-order valence-corrected chi connectivity index (χ2v) is 4.08. The van der Waals surface area contributed by atoms with E-state index in [-0.39, 0.29) is 5.91 Å². The number of carbonyl (C=O) groups is 2. The molecule has 18 heavy (non-hydrogen) atoms. The number of aliphatic carboxylic acids is 1. The lowest BCUT2D eigenvalue weighted by Gasteiger charge is -2.13. The molecule has 0 aromatic heterocycles. The van der Waals surface area contributed by atoms with Crippen LogP contribution >= 0.6 is 0 Å². The van der Waals surface area contributed by atoms with Crippen LogP contribution < -0.4 is 5.43 Å². The number of hydrogen-bond acceptors (Lipinski definition) is 3. The van der Waals surface area contributed by atoms with Gasteiger partial charge in [-0.2, -0.15) is 0 Å². The average Bonchev–Trinajstić information content (AvgIpc) is 2.26. The molecule has 0 radical (unpaired) electrons. The van der Waals surface area contributed by atoms with Gasteiger partial charge in [0.15, 0.2) is 0 Å². The Morgan fingerprint density at radius 3 is 2.56 bits per heavy atom. The molecule has 0 aliphatic rings. The van der Waals surface area contributed by atoms with Crippen molar-refractivity contribution in [2.45, 2.75) is 6.92 Å². The van der Waals surface area contributed by atoms with Gasteiger partial charge in [0.2, 0.25) is 0 Å². The van der Waals surface area contributed by atoms with E-state index in [0.717, 1.165) is 11.6 Å². The van der Waals surface area contributed by atoms with Crippen molar-refractivity contribution in [3.63, 3.8) is 0 Å². The molecule has 5 nitrogen and oxygen atoms in total. The molecule has 1 aromatic carbocycles. The van der Waals surface area contributed by atoms with Crippen molar-refractivity contribution >= 4 is 18.0 Å². The molecule has 96 valence electrons. The number of benzene rings is 1. The van der Waals surface area contributed by atoms with Crippen LogP contribution in [0.5, 0.6) is 0 Å². The van der Waals surface area contributed by atoms with Crippen LogP contribution in [0.4, 0.5) is 0 Å². The van der Waals surface area contributed by atoms with Gasteiger partial charge >= 0.3 is 5.97 Å².